The second kappa shape index (κ2) is 3.95. The number of ether oxygens (including phenoxy) is 1. The Kier molecular flexibility index (Phi) is 2.40. The summed E-state index contributed by atoms with van der Waals surface area (Å²) in [5.41, 5.74) is 2.26. The van der Waals surface area contributed by atoms with Crippen LogP contribution in [-0.4, -0.2) is 18.7 Å². The number of benzene rings is 1. The van der Waals surface area contributed by atoms with E-state index in [1.54, 1.807) is 31.4 Å². The van der Waals surface area contributed by atoms with Crippen LogP contribution in [0.5, 0.6) is 0 Å². The van der Waals surface area contributed by atoms with Crippen LogP contribution in [0.1, 0.15) is 33.6 Å². The first-order valence-electron chi connectivity index (χ1n) is 5.86. The topological polar surface area (TPSA) is 43.4 Å². The van der Waals surface area contributed by atoms with Crippen LogP contribution in [0.4, 0.5) is 0 Å². The summed E-state index contributed by atoms with van der Waals surface area (Å²) in [6.07, 6.45) is 2.78. The lowest BCUT2D eigenvalue weighted by atomic mass is 9.79. The summed E-state index contributed by atoms with van der Waals surface area (Å²) in [5.74, 6) is 0.698. The number of fused-ring (bicyclic) bond motifs is 1. The van der Waals surface area contributed by atoms with Crippen molar-refractivity contribution in [3.63, 3.8) is 0 Å². The van der Waals surface area contributed by atoms with Gasteiger partial charge in [0, 0.05) is 28.7 Å². The van der Waals surface area contributed by atoms with Crippen LogP contribution in [0.25, 0.3) is 0 Å². The summed E-state index contributed by atoms with van der Waals surface area (Å²) in [7, 11) is 1.58. The van der Waals surface area contributed by atoms with Gasteiger partial charge in [-0.2, -0.15) is 0 Å². The third-order valence-electron chi connectivity index (χ3n) is 3.48. The molecule has 3 nitrogen and oxygen atoms in total. The zero-order valence-corrected chi connectivity index (χ0v) is 10.0. The molecule has 0 fully saturated rings. The van der Waals surface area contributed by atoms with Crippen molar-refractivity contribution in [3.8, 4) is 0 Å². The van der Waals surface area contributed by atoms with Crippen LogP contribution in [0.15, 0.2) is 47.2 Å². The van der Waals surface area contributed by atoms with Gasteiger partial charge in [-0.15, -0.1) is 0 Å². The molecule has 0 saturated carbocycles. The van der Waals surface area contributed by atoms with E-state index in [4.69, 9.17) is 4.74 Å². The normalized spacial score (nSPS) is 18.2. The zero-order chi connectivity index (χ0) is 12.7. The number of carbonyl (C=O) groups is 2. The van der Waals surface area contributed by atoms with Crippen molar-refractivity contribution in [2.45, 2.75) is 12.8 Å². The van der Waals surface area contributed by atoms with Gasteiger partial charge in [0.25, 0.3) is 0 Å². The Bertz CT molecular complexity index is 620. The molecule has 3 rings (SSSR count). The minimum Gasteiger partial charge on any atom is -0.501 e. The van der Waals surface area contributed by atoms with Crippen molar-refractivity contribution < 1.29 is 14.3 Å². The van der Waals surface area contributed by atoms with Crippen LogP contribution < -0.4 is 0 Å². The fraction of sp³-hybridized carbons (Fsp3) is 0.200. The van der Waals surface area contributed by atoms with Gasteiger partial charge in [-0.3, -0.25) is 9.59 Å². The number of allylic oxidation sites excluding steroid dienone is 3. The average molecular weight is 240 g/mol. The van der Waals surface area contributed by atoms with E-state index in [1.165, 1.54) is 0 Å². The lowest BCUT2D eigenvalue weighted by molar-refractivity contribution is 0.0967. The molecular weight excluding hydrogens is 228 g/mol. The summed E-state index contributed by atoms with van der Waals surface area (Å²) in [4.78, 5) is 24.7. The molecule has 1 aromatic carbocycles. The Morgan fingerprint density at radius 1 is 1.00 bits per heavy atom. The predicted octanol–water partition coefficient (Wildman–Crippen LogP) is 2.69. The lowest BCUT2D eigenvalue weighted by Crippen LogP contribution is -2.24. The highest BCUT2D eigenvalue weighted by Gasteiger charge is 2.33. The second-order valence-electron chi connectivity index (χ2n) is 4.42. The number of carbonyl (C=O) groups excluding carboxylic acids is 2. The van der Waals surface area contributed by atoms with Gasteiger partial charge in [0.15, 0.2) is 11.6 Å². The third-order valence-corrected chi connectivity index (χ3v) is 3.48. The first-order valence-corrected chi connectivity index (χ1v) is 5.86. The molecule has 1 aromatic rings. The van der Waals surface area contributed by atoms with Crippen molar-refractivity contribution in [1.29, 1.82) is 0 Å². The van der Waals surface area contributed by atoms with Gasteiger partial charge in [-0.25, -0.2) is 0 Å². The fourth-order valence-electron chi connectivity index (χ4n) is 2.50. The van der Waals surface area contributed by atoms with Crippen molar-refractivity contribution in [3.05, 3.63) is 58.4 Å². The van der Waals surface area contributed by atoms with Crippen LogP contribution >= 0.6 is 0 Å². The number of Topliss-reactive ketones (excluding diaryl/α,β-unsaturated/α-hetero) is 2. The minimum atomic E-state index is -0.0390. The van der Waals surface area contributed by atoms with Crippen LogP contribution in [-0.2, 0) is 4.74 Å². The summed E-state index contributed by atoms with van der Waals surface area (Å²) >= 11 is 0. The number of rotatable bonds is 1. The molecule has 0 atom stereocenters. The van der Waals surface area contributed by atoms with Crippen molar-refractivity contribution >= 4 is 11.6 Å². The number of ketones is 2. The highest BCUT2D eigenvalue weighted by Crippen LogP contribution is 2.34. The standard InChI is InChI=1S/C15H12O3/c1-18-9-6-7-12-13(8-9)15(17)11-5-3-2-4-10(11)14(12)16/h2-6H,7-8H2,1H3. The summed E-state index contributed by atoms with van der Waals surface area (Å²) in [6.45, 7) is 0. The second-order valence-corrected chi connectivity index (χ2v) is 4.42. The zero-order valence-electron chi connectivity index (χ0n) is 10.0. The highest BCUT2D eigenvalue weighted by atomic mass is 16.5. The molecule has 2 aliphatic carbocycles. The molecule has 0 unspecified atom stereocenters. The van der Waals surface area contributed by atoms with Crippen LogP contribution in [0.2, 0.25) is 0 Å². The molecule has 18 heavy (non-hydrogen) atoms. The van der Waals surface area contributed by atoms with Crippen LogP contribution in [0.3, 0.4) is 0 Å². The summed E-state index contributed by atoms with van der Waals surface area (Å²) in [6, 6.07) is 7.00. The average Bonchev–Trinajstić information content (AvgIpc) is 2.44. The summed E-state index contributed by atoms with van der Waals surface area (Å²) < 4.78 is 5.18. The maximum Gasteiger partial charge on any atom is 0.190 e. The van der Waals surface area contributed by atoms with E-state index in [2.05, 4.69) is 0 Å². The third kappa shape index (κ3) is 1.44. The van der Waals surface area contributed by atoms with E-state index in [9.17, 15) is 9.59 Å². The predicted molar refractivity (Wildman–Crippen MR) is 66.5 cm³/mol. The van der Waals surface area contributed by atoms with E-state index in [1.807, 2.05) is 6.08 Å². The number of hydrogen-bond donors (Lipinski definition) is 0. The Morgan fingerprint density at radius 3 is 2.22 bits per heavy atom. The maximum atomic E-state index is 12.4. The van der Waals surface area contributed by atoms with Gasteiger partial charge in [-0.1, -0.05) is 24.3 Å². The van der Waals surface area contributed by atoms with E-state index in [0.29, 0.717) is 35.1 Å². The monoisotopic (exact) mass is 240 g/mol. The van der Waals surface area contributed by atoms with E-state index < -0.39 is 0 Å². The Morgan fingerprint density at radius 2 is 1.61 bits per heavy atom. The Labute approximate surface area is 105 Å². The van der Waals surface area contributed by atoms with E-state index >= 15 is 0 Å². The molecule has 0 saturated heterocycles. The van der Waals surface area contributed by atoms with Gasteiger partial charge in [0.05, 0.1) is 12.9 Å². The summed E-state index contributed by atoms with van der Waals surface area (Å²) in [5, 5.41) is 0. The van der Waals surface area contributed by atoms with Gasteiger partial charge in [0.1, 0.15) is 0 Å². The van der Waals surface area contributed by atoms with Crippen molar-refractivity contribution in [1.82, 2.24) is 0 Å². The molecular formula is C15H12O3. The van der Waals surface area contributed by atoms with E-state index in [0.717, 1.165) is 5.76 Å². The quantitative estimate of drug-likeness (QED) is 0.758. The van der Waals surface area contributed by atoms with Crippen molar-refractivity contribution in [2.75, 3.05) is 7.11 Å². The molecule has 3 heteroatoms. The number of methoxy groups -OCH3 is 1. The molecule has 2 aliphatic rings. The van der Waals surface area contributed by atoms with Gasteiger partial charge < -0.3 is 4.74 Å². The minimum absolute atomic E-state index is 0.0217. The van der Waals surface area contributed by atoms with Gasteiger partial charge in [-0.05, 0) is 12.5 Å². The molecule has 0 aliphatic heterocycles. The van der Waals surface area contributed by atoms with Gasteiger partial charge >= 0.3 is 0 Å². The first-order chi connectivity index (χ1) is 8.72. The molecule has 0 amide bonds. The molecule has 0 heterocycles. The maximum absolute atomic E-state index is 12.4. The number of hydrogen-bond acceptors (Lipinski definition) is 3. The Balaban J connectivity index is 2.11. The largest absolute Gasteiger partial charge is 0.501 e. The molecule has 0 aromatic heterocycles. The molecule has 0 radical (unpaired) electrons. The lowest BCUT2D eigenvalue weighted by Gasteiger charge is -2.24. The van der Waals surface area contributed by atoms with E-state index in [-0.39, 0.29) is 11.6 Å². The highest BCUT2D eigenvalue weighted by molar-refractivity contribution is 6.27. The SMILES string of the molecule is COC1=CCC2=C(C1)C(=O)c1ccccc1C2=O. The first kappa shape index (κ1) is 11.0. The van der Waals surface area contributed by atoms with Crippen LogP contribution in [0, 0.1) is 0 Å². The van der Waals surface area contributed by atoms with Crippen molar-refractivity contribution in [2.24, 2.45) is 0 Å². The molecule has 90 valence electrons. The smallest absolute Gasteiger partial charge is 0.190 e. The molecule has 0 bridgehead atoms. The van der Waals surface area contributed by atoms with Gasteiger partial charge in [0.2, 0.25) is 0 Å². The fourth-order valence-corrected chi connectivity index (χ4v) is 2.50. The molecule has 0 N–H and O–H groups in total. The molecule has 0 spiro atoms. The Hall–Kier alpha value is -2.16.